The molecule has 0 unspecified atom stereocenters. The lowest BCUT2D eigenvalue weighted by Gasteiger charge is -2.06. The zero-order valence-electron chi connectivity index (χ0n) is 12.0. The predicted molar refractivity (Wildman–Crippen MR) is 80.2 cm³/mol. The fraction of sp³-hybridized carbons (Fsp3) is 0.333. The van der Waals surface area contributed by atoms with Crippen molar-refractivity contribution in [3.8, 4) is 5.75 Å². The molecule has 0 atom stereocenters. The third kappa shape index (κ3) is 4.82. The summed E-state index contributed by atoms with van der Waals surface area (Å²) in [6.45, 7) is 4.45. The van der Waals surface area contributed by atoms with E-state index in [1.807, 2.05) is 13.8 Å². The number of nitrogens with one attached hydrogen (secondary N) is 1. The Morgan fingerprint density at radius 1 is 1.33 bits per heavy atom. The Kier molecular flexibility index (Phi) is 5.27. The molecule has 1 aromatic carbocycles. The number of ether oxygens (including phenoxy) is 1. The van der Waals surface area contributed by atoms with Crippen LogP contribution in [-0.4, -0.2) is 24.0 Å². The van der Waals surface area contributed by atoms with Gasteiger partial charge in [-0.2, -0.15) is 0 Å². The molecule has 2 aromatic rings. The molecule has 0 aliphatic rings. The number of hydrogen-bond acceptors (Lipinski definition) is 4. The molecule has 21 heavy (non-hydrogen) atoms. The van der Waals surface area contributed by atoms with Gasteiger partial charge >= 0.3 is 0 Å². The van der Waals surface area contributed by atoms with E-state index in [2.05, 4.69) is 10.3 Å². The highest BCUT2D eigenvalue weighted by atomic mass is 32.1. The molecular weight excluding hydrogens is 291 g/mol. The first-order valence-electron chi connectivity index (χ1n) is 6.62. The molecule has 6 heteroatoms. The van der Waals surface area contributed by atoms with Crippen molar-refractivity contribution in [2.45, 2.75) is 20.3 Å². The van der Waals surface area contributed by atoms with Crippen LogP contribution in [0.25, 0.3) is 0 Å². The van der Waals surface area contributed by atoms with E-state index < -0.39 is 0 Å². The minimum absolute atomic E-state index is 0.0818. The van der Waals surface area contributed by atoms with Gasteiger partial charge in [-0.1, -0.05) is 0 Å². The molecule has 0 saturated carbocycles. The summed E-state index contributed by atoms with van der Waals surface area (Å²) in [7, 11) is 0. The van der Waals surface area contributed by atoms with Gasteiger partial charge in [-0.05, 0) is 38.1 Å². The van der Waals surface area contributed by atoms with Gasteiger partial charge in [0.25, 0.3) is 5.91 Å². The molecule has 0 saturated heterocycles. The predicted octanol–water partition coefficient (Wildman–Crippen LogP) is 2.64. The van der Waals surface area contributed by atoms with Crippen LogP contribution in [0.4, 0.5) is 4.39 Å². The zero-order chi connectivity index (χ0) is 15.2. The van der Waals surface area contributed by atoms with Gasteiger partial charge in [0.2, 0.25) is 0 Å². The molecule has 0 radical (unpaired) electrons. The summed E-state index contributed by atoms with van der Waals surface area (Å²) < 4.78 is 18.0. The molecule has 4 nitrogen and oxygen atoms in total. The zero-order valence-corrected chi connectivity index (χ0v) is 12.8. The van der Waals surface area contributed by atoms with Crippen LogP contribution in [0.15, 0.2) is 24.3 Å². The molecule has 2 rings (SSSR count). The first-order chi connectivity index (χ1) is 10.0. The van der Waals surface area contributed by atoms with Crippen LogP contribution in [0, 0.1) is 19.7 Å². The maximum absolute atomic E-state index is 12.7. The smallest absolute Gasteiger partial charge is 0.257 e. The Bertz CT molecular complexity index is 591. The Morgan fingerprint density at radius 2 is 2.05 bits per heavy atom. The van der Waals surface area contributed by atoms with Crippen molar-refractivity contribution in [3.05, 3.63) is 45.7 Å². The highest BCUT2D eigenvalue weighted by Crippen LogP contribution is 2.16. The van der Waals surface area contributed by atoms with Crippen molar-refractivity contribution in [3.63, 3.8) is 0 Å². The lowest BCUT2D eigenvalue weighted by atomic mass is 10.3. The van der Waals surface area contributed by atoms with Crippen LogP contribution in [0.3, 0.4) is 0 Å². The molecule has 0 spiro atoms. The molecule has 1 aromatic heterocycles. The molecule has 0 fully saturated rings. The minimum Gasteiger partial charge on any atom is -0.484 e. The van der Waals surface area contributed by atoms with Crippen molar-refractivity contribution in [2.24, 2.45) is 0 Å². The van der Waals surface area contributed by atoms with E-state index >= 15 is 0 Å². The lowest BCUT2D eigenvalue weighted by Crippen LogP contribution is -2.30. The number of hydrogen-bond donors (Lipinski definition) is 1. The number of aromatic nitrogens is 1. The normalized spacial score (nSPS) is 10.4. The van der Waals surface area contributed by atoms with Crippen molar-refractivity contribution in [1.29, 1.82) is 0 Å². The van der Waals surface area contributed by atoms with Gasteiger partial charge in [0.1, 0.15) is 11.6 Å². The third-order valence-corrected chi connectivity index (χ3v) is 4.05. The summed E-state index contributed by atoms with van der Waals surface area (Å²) in [6.07, 6.45) is 0.710. The van der Waals surface area contributed by atoms with Crippen LogP contribution in [0.1, 0.15) is 15.6 Å². The monoisotopic (exact) mass is 308 g/mol. The number of halogens is 1. The van der Waals surface area contributed by atoms with Gasteiger partial charge < -0.3 is 10.1 Å². The van der Waals surface area contributed by atoms with E-state index in [0.717, 1.165) is 10.7 Å². The molecule has 1 N–H and O–H groups in total. The minimum atomic E-state index is -0.333. The van der Waals surface area contributed by atoms with Crippen molar-refractivity contribution < 1.29 is 13.9 Å². The van der Waals surface area contributed by atoms with Crippen molar-refractivity contribution in [2.75, 3.05) is 13.2 Å². The number of nitrogens with zero attached hydrogens (tertiary/aromatic N) is 1. The van der Waals surface area contributed by atoms with Crippen LogP contribution in [0.5, 0.6) is 5.75 Å². The Labute approximate surface area is 127 Å². The number of aryl methyl sites for hydroxylation is 2. The summed E-state index contributed by atoms with van der Waals surface area (Å²) in [6, 6.07) is 5.56. The summed E-state index contributed by atoms with van der Waals surface area (Å²) in [4.78, 5) is 17.2. The van der Waals surface area contributed by atoms with Gasteiger partial charge in [-0.25, -0.2) is 9.37 Å². The summed E-state index contributed by atoms with van der Waals surface area (Å²) in [5.41, 5.74) is 1.04. The molecule has 0 aliphatic heterocycles. The Morgan fingerprint density at radius 3 is 2.67 bits per heavy atom. The van der Waals surface area contributed by atoms with Gasteiger partial charge in [-0.15, -0.1) is 11.3 Å². The molecule has 0 aliphatic carbocycles. The van der Waals surface area contributed by atoms with Gasteiger partial charge in [0.15, 0.2) is 6.61 Å². The lowest BCUT2D eigenvalue weighted by molar-refractivity contribution is -0.123. The topological polar surface area (TPSA) is 51.2 Å². The van der Waals surface area contributed by atoms with Crippen LogP contribution < -0.4 is 10.1 Å². The fourth-order valence-electron chi connectivity index (χ4n) is 1.69. The number of amides is 1. The van der Waals surface area contributed by atoms with Gasteiger partial charge in [0, 0.05) is 17.8 Å². The molecular formula is C15H17FN2O2S. The second-order valence-electron chi connectivity index (χ2n) is 4.59. The van der Waals surface area contributed by atoms with Gasteiger partial charge in [0.05, 0.1) is 10.7 Å². The largest absolute Gasteiger partial charge is 0.484 e. The molecule has 0 bridgehead atoms. The molecule has 1 heterocycles. The summed E-state index contributed by atoms with van der Waals surface area (Å²) >= 11 is 1.65. The summed E-state index contributed by atoms with van der Waals surface area (Å²) in [5.74, 6) is -0.0668. The van der Waals surface area contributed by atoms with E-state index in [4.69, 9.17) is 4.74 Å². The quantitative estimate of drug-likeness (QED) is 0.892. The van der Waals surface area contributed by atoms with Crippen molar-refractivity contribution >= 4 is 17.2 Å². The first kappa shape index (κ1) is 15.4. The standard InChI is InChI=1S/C15H17FN2O2S/c1-10-11(2)21-15(18-10)7-8-17-14(19)9-20-13-5-3-12(16)4-6-13/h3-6H,7-9H2,1-2H3,(H,17,19). The number of rotatable bonds is 6. The van der Waals surface area contributed by atoms with Crippen LogP contribution >= 0.6 is 11.3 Å². The first-order valence-corrected chi connectivity index (χ1v) is 7.44. The number of carbonyl (C=O) groups excluding carboxylic acids is 1. The van der Waals surface area contributed by atoms with E-state index in [9.17, 15) is 9.18 Å². The maximum atomic E-state index is 12.7. The third-order valence-electron chi connectivity index (χ3n) is 2.92. The van der Waals surface area contributed by atoms with E-state index in [0.29, 0.717) is 18.7 Å². The van der Waals surface area contributed by atoms with Crippen LogP contribution in [-0.2, 0) is 11.2 Å². The number of benzene rings is 1. The highest BCUT2D eigenvalue weighted by molar-refractivity contribution is 7.11. The van der Waals surface area contributed by atoms with E-state index in [1.54, 1.807) is 11.3 Å². The summed E-state index contributed by atoms with van der Waals surface area (Å²) in [5, 5.41) is 3.79. The van der Waals surface area contributed by atoms with Crippen molar-refractivity contribution in [1.82, 2.24) is 10.3 Å². The molecule has 112 valence electrons. The van der Waals surface area contributed by atoms with E-state index in [1.165, 1.54) is 29.1 Å². The van der Waals surface area contributed by atoms with Gasteiger partial charge in [-0.3, -0.25) is 4.79 Å². The fourth-order valence-corrected chi connectivity index (χ4v) is 2.62. The Balaban J connectivity index is 1.69. The van der Waals surface area contributed by atoms with E-state index in [-0.39, 0.29) is 18.3 Å². The second-order valence-corrected chi connectivity index (χ2v) is 5.88. The number of thiazole rings is 1. The van der Waals surface area contributed by atoms with Crippen LogP contribution in [0.2, 0.25) is 0 Å². The second kappa shape index (κ2) is 7.17. The average molecular weight is 308 g/mol. The Hall–Kier alpha value is -1.95. The molecule has 1 amide bonds. The highest BCUT2D eigenvalue weighted by Gasteiger charge is 2.06. The SMILES string of the molecule is Cc1nc(CCNC(=O)COc2ccc(F)cc2)sc1C. The number of carbonyl (C=O) groups is 1. The average Bonchev–Trinajstić information content (AvgIpc) is 2.77. The maximum Gasteiger partial charge on any atom is 0.257 e.